The summed E-state index contributed by atoms with van der Waals surface area (Å²) in [5, 5.41) is 9.52. The van der Waals surface area contributed by atoms with Crippen molar-refractivity contribution in [3.8, 4) is 11.5 Å². The number of methoxy groups -OCH3 is 2. The number of ether oxygens (including phenoxy) is 2. The van der Waals surface area contributed by atoms with E-state index in [0.29, 0.717) is 23.5 Å². The molecule has 0 amide bonds. The smallest absolute Gasteiger partial charge is 0.339 e. The Morgan fingerprint density at radius 2 is 1.76 bits per heavy atom. The van der Waals surface area contributed by atoms with Gasteiger partial charge in [0.1, 0.15) is 22.9 Å². The monoisotopic (exact) mass is 395 g/mol. The van der Waals surface area contributed by atoms with Crippen LogP contribution in [-0.2, 0) is 13.1 Å². The SMILES string of the molecule is COc1cccc(CN(Cc2ccccc2F)c2ccc(OC)c(C(=O)O)c2)c1. The summed E-state index contributed by atoms with van der Waals surface area (Å²) in [6.45, 7) is 0.714. The molecule has 1 N–H and O–H groups in total. The Labute approximate surface area is 168 Å². The van der Waals surface area contributed by atoms with Crippen LogP contribution in [0.5, 0.6) is 11.5 Å². The summed E-state index contributed by atoms with van der Waals surface area (Å²) >= 11 is 0. The molecule has 3 aromatic rings. The molecule has 0 saturated heterocycles. The average molecular weight is 395 g/mol. The molecule has 0 aliphatic heterocycles. The van der Waals surface area contributed by atoms with Crippen LogP contribution in [0.25, 0.3) is 0 Å². The van der Waals surface area contributed by atoms with Crippen molar-refractivity contribution in [1.82, 2.24) is 0 Å². The van der Waals surface area contributed by atoms with Gasteiger partial charge in [-0.1, -0.05) is 30.3 Å². The van der Waals surface area contributed by atoms with E-state index in [-0.39, 0.29) is 23.7 Å². The van der Waals surface area contributed by atoms with Gasteiger partial charge in [0, 0.05) is 24.3 Å². The van der Waals surface area contributed by atoms with Crippen LogP contribution in [0, 0.1) is 5.82 Å². The number of carbonyl (C=O) groups is 1. The van der Waals surface area contributed by atoms with Gasteiger partial charge in [-0.2, -0.15) is 0 Å². The number of halogens is 1. The molecule has 6 heteroatoms. The van der Waals surface area contributed by atoms with Crippen LogP contribution in [0.3, 0.4) is 0 Å². The molecule has 3 rings (SSSR count). The number of hydrogen-bond donors (Lipinski definition) is 1. The first-order valence-corrected chi connectivity index (χ1v) is 9.04. The molecule has 0 saturated carbocycles. The van der Waals surface area contributed by atoms with Gasteiger partial charge >= 0.3 is 5.97 Å². The highest BCUT2D eigenvalue weighted by molar-refractivity contribution is 5.92. The number of carboxylic acid groups (broad SMARTS) is 1. The molecule has 0 aliphatic carbocycles. The molecule has 0 aromatic heterocycles. The van der Waals surface area contributed by atoms with Crippen molar-refractivity contribution in [2.24, 2.45) is 0 Å². The Morgan fingerprint density at radius 3 is 2.45 bits per heavy atom. The van der Waals surface area contributed by atoms with Crippen molar-refractivity contribution in [3.05, 3.63) is 89.2 Å². The fourth-order valence-electron chi connectivity index (χ4n) is 3.12. The maximum absolute atomic E-state index is 14.3. The van der Waals surface area contributed by atoms with Gasteiger partial charge in [-0.25, -0.2) is 9.18 Å². The molecular formula is C23H22FNO4. The normalized spacial score (nSPS) is 10.4. The fourth-order valence-corrected chi connectivity index (χ4v) is 3.12. The number of rotatable bonds is 8. The molecular weight excluding hydrogens is 373 g/mol. The van der Waals surface area contributed by atoms with Gasteiger partial charge < -0.3 is 19.5 Å². The zero-order chi connectivity index (χ0) is 20.8. The van der Waals surface area contributed by atoms with E-state index >= 15 is 0 Å². The summed E-state index contributed by atoms with van der Waals surface area (Å²) < 4.78 is 24.7. The van der Waals surface area contributed by atoms with Gasteiger partial charge in [0.25, 0.3) is 0 Å². The first-order chi connectivity index (χ1) is 14.0. The van der Waals surface area contributed by atoms with E-state index in [1.54, 1.807) is 43.5 Å². The van der Waals surface area contributed by atoms with E-state index in [9.17, 15) is 14.3 Å². The molecule has 5 nitrogen and oxygen atoms in total. The van der Waals surface area contributed by atoms with E-state index in [4.69, 9.17) is 9.47 Å². The van der Waals surface area contributed by atoms with Gasteiger partial charge in [-0.15, -0.1) is 0 Å². The molecule has 0 fully saturated rings. The van der Waals surface area contributed by atoms with Crippen molar-refractivity contribution in [3.63, 3.8) is 0 Å². The van der Waals surface area contributed by atoms with Crippen molar-refractivity contribution < 1.29 is 23.8 Å². The lowest BCUT2D eigenvalue weighted by Crippen LogP contribution is -2.23. The Kier molecular flexibility index (Phi) is 6.34. The molecule has 0 radical (unpaired) electrons. The number of nitrogens with zero attached hydrogens (tertiary/aromatic N) is 1. The summed E-state index contributed by atoms with van der Waals surface area (Å²) in [5.41, 5.74) is 2.17. The zero-order valence-electron chi connectivity index (χ0n) is 16.3. The minimum absolute atomic E-state index is 0.0502. The van der Waals surface area contributed by atoms with Crippen LogP contribution in [0.15, 0.2) is 66.7 Å². The fraction of sp³-hybridized carbons (Fsp3) is 0.174. The number of anilines is 1. The minimum Gasteiger partial charge on any atom is -0.497 e. The maximum atomic E-state index is 14.3. The van der Waals surface area contributed by atoms with Gasteiger partial charge in [0.2, 0.25) is 0 Å². The van der Waals surface area contributed by atoms with Crippen molar-refractivity contribution in [1.29, 1.82) is 0 Å². The Morgan fingerprint density at radius 1 is 0.966 bits per heavy atom. The topological polar surface area (TPSA) is 59.0 Å². The van der Waals surface area contributed by atoms with Gasteiger partial charge in [-0.05, 0) is 42.0 Å². The van der Waals surface area contributed by atoms with Crippen molar-refractivity contribution >= 4 is 11.7 Å². The maximum Gasteiger partial charge on any atom is 0.339 e. The number of benzene rings is 3. The predicted molar refractivity (Wildman–Crippen MR) is 109 cm³/mol. The van der Waals surface area contributed by atoms with Crippen LogP contribution in [0.2, 0.25) is 0 Å². The average Bonchev–Trinajstić information content (AvgIpc) is 2.74. The lowest BCUT2D eigenvalue weighted by molar-refractivity contribution is 0.0693. The Bertz CT molecular complexity index is 1010. The van der Waals surface area contributed by atoms with Crippen LogP contribution in [0.4, 0.5) is 10.1 Å². The lowest BCUT2D eigenvalue weighted by Gasteiger charge is -2.26. The highest BCUT2D eigenvalue weighted by Crippen LogP contribution is 2.28. The third-order valence-electron chi connectivity index (χ3n) is 4.61. The zero-order valence-corrected chi connectivity index (χ0v) is 16.3. The lowest BCUT2D eigenvalue weighted by atomic mass is 10.1. The van der Waals surface area contributed by atoms with E-state index in [1.165, 1.54) is 13.2 Å². The van der Waals surface area contributed by atoms with E-state index < -0.39 is 5.97 Å². The molecule has 0 unspecified atom stereocenters. The molecule has 0 atom stereocenters. The summed E-state index contributed by atoms with van der Waals surface area (Å²) in [7, 11) is 3.02. The van der Waals surface area contributed by atoms with Crippen molar-refractivity contribution in [2.75, 3.05) is 19.1 Å². The molecule has 150 valence electrons. The highest BCUT2D eigenvalue weighted by atomic mass is 19.1. The molecule has 0 spiro atoms. The third kappa shape index (κ3) is 4.85. The van der Waals surface area contributed by atoms with Crippen LogP contribution in [-0.4, -0.2) is 25.3 Å². The van der Waals surface area contributed by atoms with Crippen molar-refractivity contribution in [2.45, 2.75) is 13.1 Å². The number of hydrogen-bond acceptors (Lipinski definition) is 4. The van der Waals surface area contributed by atoms with Crippen LogP contribution in [0.1, 0.15) is 21.5 Å². The van der Waals surface area contributed by atoms with E-state index in [0.717, 1.165) is 5.56 Å². The second kappa shape index (κ2) is 9.10. The highest BCUT2D eigenvalue weighted by Gasteiger charge is 2.17. The second-order valence-corrected chi connectivity index (χ2v) is 6.49. The Hall–Kier alpha value is -3.54. The van der Waals surface area contributed by atoms with E-state index in [2.05, 4.69) is 0 Å². The summed E-state index contributed by atoms with van der Waals surface area (Å²) in [5.74, 6) is -0.409. The first-order valence-electron chi connectivity index (χ1n) is 9.04. The minimum atomic E-state index is -1.09. The summed E-state index contributed by atoms with van der Waals surface area (Å²) in [4.78, 5) is 13.6. The first kappa shape index (κ1) is 20.2. The second-order valence-electron chi connectivity index (χ2n) is 6.49. The molecule has 0 aliphatic rings. The quantitative estimate of drug-likeness (QED) is 0.597. The standard InChI is InChI=1S/C23H22FNO4/c1-28-19-8-5-6-16(12-19)14-25(15-17-7-3-4-9-21(17)24)18-10-11-22(29-2)20(13-18)23(26)27/h3-13H,14-15H2,1-2H3,(H,26,27). The largest absolute Gasteiger partial charge is 0.497 e. The molecule has 0 bridgehead atoms. The van der Waals surface area contributed by atoms with E-state index in [1.807, 2.05) is 29.2 Å². The van der Waals surface area contributed by atoms with Gasteiger partial charge in [0.05, 0.1) is 14.2 Å². The number of aromatic carboxylic acids is 1. The summed E-state index contributed by atoms with van der Waals surface area (Å²) in [6, 6.07) is 19.0. The molecule has 3 aromatic carbocycles. The van der Waals surface area contributed by atoms with Gasteiger partial charge in [-0.3, -0.25) is 0 Å². The summed E-state index contributed by atoms with van der Waals surface area (Å²) in [6.07, 6.45) is 0. The van der Waals surface area contributed by atoms with Gasteiger partial charge in [0.15, 0.2) is 0 Å². The Balaban J connectivity index is 2.01. The third-order valence-corrected chi connectivity index (χ3v) is 4.61. The molecule has 29 heavy (non-hydrogen) atoms. The van der Waals surface area contributed by atoms with Crippen LogP contribution < -0.4 is 14.4 Å². The molecule has 0 heterocycles. The predicted octanol–water partition coefficient (Wildman–Crippen LogP) is 4.75. The van der Waals surface area contributed by atoms with Crippen LogP contribution >= 0.6 is 0 Å². The number of carboxylic acids is 1.